The SMILES string of the molecule is COc1ccc(S(=O)(=O)N(CC(=O)N(Cc2ccc(Cl)cc2Cl)[C@H](C)C(=O)NCC(C)C)c2ccccc2)cc1OC. The predicted molar refractivity (Wildman–Crippen MR) is 165 cm³/mol. The fraction of sp³-hybridized carbons (Fsp3) is 0.333. The third kappa shape index (κ3) is 8.08. The van der Waals surface area contributed by atoms with Crippen LogP contribution in [0.3, 0.4) is 0 Å². The highest BCUT2D eigenvalue weighted by molar-refractivity contribution is 7.92. The summed E-state index contributed by atoms with van der Waals surface area (Å²) in [6.45, 7) is 5.28. The van der Waals surface area contributed by atoms with Crippen LogP contribution in [-0.2, 0) is 26.2 Å². The molecule has 226 valence electrons. The monoisotopic (exact) mass is 635 g/mol. The minimum Gasteiger partial charge on any atom is -0.493 e. The summed E-state index contributed by atoms with van der Waals surface area (Å²) < 4.78 is 39.6. The Labute approximate surface area is 257 Å². The Morgan fingerprint density at radius 3 is 2.17 bits per heavy atom. The van der Waals surface area contributed by atoms with Crippen molar-refractivity contribution in [1.29, 1.82) is 0 Å². The van der Waals surface area contributed by atoms with Crippen molar-refractivity contribution in [3.63, 3.8) is 0 Å². The van der Waals surface area contributed by atoms with E-state index in [2.05, 4.69) is 5.32 Å². The fourth-order valence-corrected chi connectivity index (χ4v) is 5.99. The van der Waals surface area contributed by atoms with Crippen LogP contribution < -0.4 is 19.1 Å². The number of nitrogens with zero attached hydrogens (tertiary/aromatic N) is 2. The molecule has 3 aromatic rings. The Morgan fingerprint density at radius 1 is 0.905 bits per heavy atom. The van der Waals surface area contributed by atoms with E-state index in [1.165, 1.54) is 37.3 Å². The lowest BCUT2D eigenvalue weighted by Crippen LogP contribution is -2.51. The number of methoxy groups -OCH3 is 2. The maximum atomic E-state index is 14.0. The molecule has 3 aromatic carbocycles. The smallest absolute Gasteiger partial charge is 0.264 e. The zero-order valence-corrected chi connectivity index (χ0v) is 26.5. The van der Waals surface area contributed by atoms with Gasteiger partial charge in [-0.15, -0.1) is 0 Å². The molecule has 2 amide bonds. The molecule has 12 heteroatoms. The summed E-state index contributed by atoms with van der Waals surface area (Å²) >= 11 is 12.5. The molecular weight excluding hydrogens is 601 g/mol. The molecule has 1 atom stereocenters. The Hall–Kier alpha value is -3.47. The van der Waals surface area contributed by atoms with Gasteiger partial charge >= 0.3 is 0 Å². The van der Waals surface area contributed by atoms with Crippen LogP contribution in [0.1, 0.15) is 26.3 Å². The number of carbonyl (C=O) groups is 2. The van der Waals surface area contributed by atoms with Crippen LogP contribution in [0.15, 0.2) is 71.6 Å². The second kappa shape index (κ2) is 14.6. The molecule has 0 radical (unpaired) electrons. The van der Waals surface area contributed by atoms with E-state index in [4.69, 9.17) is 32.7 Å². The molecule has 0 heterocycles. The van der Waals surface area contributed by atoms with Crippen molar-refractivity contribution in [2.24, 2.45) is 5.92 Å². The first-order chi connectivity index (χ1) is 19.9. The molecule has 0 aliphatic rings. The average molecular weight is 637 g/mol. The van der Waals surface area contributed by atoms with Crippen molar-refractivity contribution in [1.82, 2.24) is 10.2 Å². The van der Waals surface area contributed by atoms with Crippen molar-refractivity contribution in [2.75, 3.05) is 31.6 Å². The number of benzene rings is 3. The van der Waals surface area contributed by atoms with Crippen molar-refractivity contribution in [3.8, 4) is 11.5 Å². The lowest BCUT2D eigenvalue weighted by atomic mass is 10.1. The molecular formula is C30H35Cl2N3O6S. The maximum absolute atomic E-state index is 14.0. The molecule has 0 fully saturated rings. The molecule has 0 aliphatic heterocycles. The molecule has 0 unspecified atom stereocenters. The number of hydrogen-bond donors (Lipinski definition) is 1. The molecule has 0 spiro atoms. The van der Waals surface area contributed by atoms with E-state index >= 15 is 0 Å². The first-order valence-corrected chi connectivity index (χ1v) is 15.4. The van der Waals surface area contributed by atoms with Gasteiger partial charge in [-0.25, -0.2) is 8.42 Å². The van der Waals surface area contributed by atoms with Crippen LogP contribution in [-0.4, -0.2) is 58.5 Å². The standard InChI is InChI=1S/C30H35Cl2N3O6S/c1-20(2)17-33-30(37)21(3)34(18-22-11-12-23(31)15-26(22)32)29(36)19-35(24-9-7-6-8-10-24)42(38,39)25-13-14-27(40-4)28(16-25)41-5/h6-16,20-21H,17-19H2,1-5H3,(H,33,37)/t21-/m1/s1. The van der Waals surface area contributed by atoms with E-state index in [1.807, 2.05) is 13.8 Å². The van der Waals surface area contributed by atoms with E-state index in [0.29, 0.717) is 27.9 Å². The summed E-state index contributed by atoms with van der Waals surface area (Å²) in [7, 11) is -1.44. The van der Waals surface area contributed by atoms with E-state index in [0.717, 1.165) is 4.31 Å². The number of nitrogens with one attached hydrogen (secondary N) is 1. The van der Waals surface area contributed by atoms with Crippen LogP contribution in [0.5, 0.6) is 11.5 Å². The van der Waals surface area contributed by atoms with Gasteiger partial charge in [-0.1, -0.05) is 61.3 Å². The minimum atomic E-state index is -4.29. The number of amides is 2. The quantitative estimate of drug-likeness (QED) is 0.270. The number of sulfonamides is 1. The van der Waals surface area contributed by atoms with Gasteiger partial charge in [-0.05, 0) is 54.8 Å². The Kier molecular flexibility index (Phi) is 11.5. The van der Waals surface area contributed by atoms with Crippen LogP contribution in [0.25, 0.3) is 0 Å². The second-order valence-electron chi connectivity index (χ2n) is 9.94. The van der Waals surface area contributed by atoms with Crippen LogP contribution in [0.4, 0.5) is 5.69 Å². The van der Waals surface area contributed by atoms with E-state index in [-0.39, 0.29) is 34.7 Å². The van der Waals surface area contributed by atoms with E-state index in [9.17, 15) is 18.0 Å². The van der Waals surface area contributed by atoms with Gasteiger partial charge in [0.05, 0.1) is 24.8 Å². The first kappa shape index (κ1) is 33.0. The molecule has 1 N–H and O–H groups in total. The highest BCUT2D eigenvalue weighted by atomic mass is 35.5. The number of anilines is 1. The van der Waals surface area contributed by atoms with Crippen LogP contribution >= 0.6 is 23.2 Å². The number of halogens is 2. The molecule has 9 nitrogen and oxygen atoms in total. The topological polar surface area (TPSA) is 105 Å². The number of rotatable bonds is 13. The Morgan fingerprint density at radius 2 is 1.57 bits per heavy atom. The minimum absolute atomic E-state index is 0.0515. The van der Waals surface area contributed by atoms with Gasteiger partial charge in [0.1, 0.15) is 12.6 Å². The Bertz CT molecular complexity index is 1500. The largest absolute Gasteiger partial charge is 0.493 e. The zero-order chi connectivity index (χ0) is 31.0. The summed E-state index contributed by atoms with van der Waals surface area (Å²) in [6, 6.07) is 16.4. The van der Waals surface area contributed by atoms with Gasteiger partial charge in [-0.2, -0.15) is 0 Å². The maximum Gasteiger partial charge on any atom is 0.264 e. The molecule has 0 aliphatic carbocycles. The number of carbonyl (C=O) groups excluding carboxylic acids is 2. The summed E-state index contributed by atoms with van der Waals surface area (Å²) in [6.07, 6.45) is 0. The summed E-state index contributed by atoms with van der Waals surface area (Å²) in [4.78, 5) is 28.3. The second-order valence-corrected chi connectivity index (χ2v) is 12.6. The number of ether oxygens (including phenoxy) is 2. The zero-order valence-electron chi connectivity index (χ0n) is 24.1. The summed E-state index contributed by atoms with van der Waals surface area (Å²) in [5, 5.41) is 3.58. The van der Waals surface area contributed by atoms with Gasteiger partial charge in [-0.3, -0.25) is 13.9 Å². The van der Waals surface area contributed by atoms with Gasteiger partial charge in [0.2, 0.25) is 11.8 Å². The van der Waals surface area contributed by atoms with Crippen molar-refractivity contribution >= 4 is 50.7 Å². The lowest BCUT2D eigenvalue weighted by Gasteiger charge is -2.32. The van der Waals surface area contributed by atoms with E-state index in [1.54, 1.807) is 55.5 Å². The molecule has 0 saturated carbocycles. The molecule has 3 rings (SSSR count). The number of para-hydroxylation sites is 1. The molecule has 42 heavy (non-hydrogen) atoms. The summed E-state index contributed by atoms with van der Waals surface area (Å²) in [5.41, 5.74) is 0.814. The van der Waals surface area contributed by atoms with Crippen molar-refractivity contribution in [3.05, 3.63) is 82.3 Å². The van der Waals surface area contributed by atoms with Crippen molar-refractivity contribution < 1.29 is 27.5 Å². The third-order valence-electron chi connectivity index (χ3n) is 6.47. The predicted octanol–water partition coefficient (Wildman–Crippen LogP) is 5.40. The highest BCUT2D eigenvalue weighted by Crippen LogP contribution is 2.32. The molecule has 0 aromatic heterocycles. The normalized spacial score (nSPS) is 12.0. The third-order valence-corrected chi connectivity index (χ3v) is 8.83. The average Bonchev–Trinajstić information content (AvgIpc) is 2.97. The van der Waals surface area contributed by atoms with Gasteiger partial charge in [0.25, 0.3) is 10.0 Å². The first-order valence-electron chi connectivity index (χ1n) is 13.2. The van der Waals surface area contributed by atoms with Crippen molar-refractivity contribution in [2.45, 2.75) is 38.3 Å². The van der Waals surface area contributed by atoms with Gasteiger partial charge in [0, 0.05) is 29.2 Å². The Balaban J connectivity index is 2.05. The van der Waals surface area contributed by atoms with Gasteiger partial charge < -0.3 is 19.7 Å². The highest BCUT2D eigenvalue weighted by Gasteiger charge is 2.33. The van der Waals surface area contributed by atoms with Gasteiger partial charge in [0.15, 0.2) is 11.5 Å². The fourth-order valence-electron chi connectivity index (χ4n) is 4.10. The lowest BCUT2D eigenvalue weighted by molar-refractivity contribution is -0.139. The van der Waals surface area contributed by atoms with E-state index < -0.39 is 28.5 Å². The molecule has 0 saturated heterocycles. The molecule has 0 bridgehead atoms. The van der Waals surface area contributed by atoms with Crippen LogP contribution in [0.2, 0.25) is 10.0 Å². The summed E-state index contributed by atoms with van der Waals surface area (Å²) in [5.74, 6) is -0.230. The van der Waals surface area contributed by atoms with Crippen LogP contribution in [0, 0.1) is 5.92 Å². The number of hydrogen-bond acceptors (Lipinski definition) is 6.